The molecule has 1 saturated heterocycles. The molecule has 0 bridgehead atoms. The molecule has 12 heavy (non-hydrogen) atoms. The largest absolute Gasteiger partial charge is 0.394 e. The summed E-state index contributed by atoms with van der Waals surface area (Å²) >= 11 is 0. The molecule has 1 rings (SSSR count). The summed E-state index contributed by atoms with van der Waals surface area (Å²) in [5.74, 6) is -1.40. The van der Waals surface area contributed by atoms with Crippen molar-refractivity contribution in [3.63, 3.8) is 0 Å². The van der Waals surface area contributed by atoms with E-state index >= 15 is 0 Å². The minimum atomic E-state index is -1.40. The summed E-state index contributed by atoms with van der Waals surface area (Å²) < 4.78 is 4.91. The van der Waals surface area contributed by atoms with E-state index in [9.17, 15) is 10.2 Å². The van der Waals surface area contributed by atoms with Crippen molar-refractivity contribution < 1.29 is 25.2 Å². The Bertz CT molecular complexity index is 158. The second kappa shape index (κ2) is 3.27. The standard InChI is InChI=1S/C7H14O5/c1-7(11)2-4(9)6(12-7)5(10)3-8/h4-6,8-11H,2-3H2,1H3/t4-,5+,6-,7+/m1/s1. The fourth-order valence-electron chi connectivity index (χ4n) is 1.36. The van der Waals surface area contributed by atoms with Gasteiger partial charge in [0.05, 0.1) is 12.7 Å². The van der Waals surface area contributed by atoms with E-state index in [1.54, 1.807) is 0 Å². The molecule has 1 aliphatic heterocycles. The average Bonchev–Trinajstić information content (AvgIpc) is 2.23. The molecule has 1 heterocycles. The number of hydrogen-bond acceptors (Lipinski definition) is 5. The van der Waals surface area contributed by atoms with Crippen molar-refractivity contribution >= 4 is 0 Å². The average molecular weight is 178 g/mol. The first kappa shape index (κ1) is 9.88. The van der Waals surface area contributed by atoms with Gasteiger partial charge in [-0.05, 0) is 6.92 Å². The van der Waals surface area contributed by atoms with Crippen LogP contribution < -0.4 is 0 Å². The highest BCUT2D eigenvalue weighted by Crippen LogP contribution is 2.29. The third kappa shape index (κ3) is 1.94. The van der Waals surface area contributed by atoms with Gasteiger partial charge in [-0.2, -0.15) is 0 Å². The maximum atomic E-state index is 9.30. The van der Waals surface area contributed by atoms with Crippen LogP contribution in [-0.4, -0.2) is 51.1 Å². The van der Waals surface area contributed by atoms with E-state index in [4.69, 9.17) is 14.9 Å². The van der Waals surface area contributed by atoms with Crippen LogP contribution in [0.5, 0.6) is 0 Å². The molecule has 0 aromatic carbocycles. The Balaban J connectivity index is 2.57. The number of hydrogen-bond donors (Lipinski definition) is 4. The van der Waals surface area contributed by atoms with Crippen LogP contribution in [0.1, 0.15) is 13.3 Å². The summed E-state index contributed by atoms with van der Waals surface area (Å²) in [5, 5.41) is 36.2. The molecule has 5 nitrogen and oxygen atoms in total. The third-order valence-corrected chi connectivity index (χ3v) is 1.92. The second-order valence-electron chi connectivity index (χ2n) is 3.28. The van der Waals surface area contributed by atoms with E-state index < -0.39 is 30.7 Å². The van der Waals surface area contributed by atoms with E-state index in [-0.39, 0.29) is 6.42 Å². The van der Waals surface area contributed by atoms with E-state index in [0.717, 1.165) is 0 Å². The Morgan fingerprint density at radius 3 is 2.58 bits per heavy atom. The van der Waals surface area contributed by atoms with Gasteiger partial charge in [-0.3, -0.25) is 0 Å². The van der Waals surface area contributed by atoms with Crippen molar-refractivity contribution in [2.45, 2.75) is 37.4 Å². The molecular weight excluding hydrogens is 164 g/mol. The lowest BCUT2D eigenvalue weighted by Gasteiger charge is -2.20. The Labute approximate surface area is 70.2 Å². The van der Waals surface area contributed by atoms with Gasteiger partial charge in [-0.25, -0.2) is 0 Å². The summed E-state index contributed by atoms with van der Waals surface area (Å²) in [5.41, 5.74) is 0. The lowest BCUT2D eigenvalue weighted by Crippen LogP contribution is -2.37. The normalized spacial score (nSPS) is 44.8. The van der Waals surface area contributed by atoms with Gasteiger partial charge in [0.15, 0.2) is 5.79 Å². The summed E-state index contributed by atoms with van der Waals surface area (Å²) in [4.78, 5) is 0. The molecule has 4 N–H and O–H groups in total. The minimum absolute atomic E-state index is 0.0503. The highest BCUT2D eigenvalue weighted by Gasteiger charge is 2.44. The molecule has 0 aromatic heterocycles. The Hall–Kier alpha value is -0.200. The molecule has 1 aliphatic rings. The van der Waals surface area contributed by atoms with Crippen LogP contribution in [0.25, 0.3) is 0 Å². The molecule has 0 aliphatic carbocycles. The topological polar surface area (TPSA) is 90.2 Å². The lowest BCUT2D eigenvalue weighted by molar-refractivity contribution is -0.200. The van der Waals surface area contributed by atoms with Crippen molar-refractivity contribution in [3.05, 3.63) is 0 Å². The summed E-state index contributed by atoms with van der Waals surface area (Å²) in [7, 11) is 0. The molecule has 0 spiro atoms. The molecule has 0 saturated carbocycles. The van der Waals surface area contributed by atoms with Gasteiger partial charge in [0, 0.05) is 6.42 Å². The molecule has 0 radical (unpaired) electrons. The zero-order valence-electron chi connectivity index (χ0n) is 6.84. The number of ether oxygens (including phenoxy) is 1. The zero-order valence-corrected chi connectivity index (χ0v) is 6.84. The smallest absolute Gasteiger partial charge is 0.165 e. The monoisotopic (exact) mass is 178 g/mol. The summed E-state index contributed by atoms with van der Waals surface area (Å²) in [6.07, 6.45) is -2.92. The highest BCUT2D eigenvalue weighted by molar-refractivity contribution is 4.88. The number of aliphatic hydroxyl groups is 4. The van der Waals surface area contributed by atoms with Crippen LogP contribution in [0.3, 0.4) is 0 Å². The molecule has 5 heteroatoms. The van der Waals surface area contributed by atoms with Crippen molar-refractivity contribution in [1.29, 1.82) is 0 Å². The van der Waals surface area contributed by atoms with E-state index in [1.807, 2.05) is 0 Å². The molecule has 4 atom stereocenters. The van der Waals surface area contributed by atoms with Gasteiger partial charge < -0.3 is 25.2 Å². The first-order valence-electron chi connectivity index (χ1n) is 3.83. The lowest BCUT2D eigenvalue weighted by atomic mass is 10.1. The molecule has 72 valence electrons. The van der Waals surface area contributed by atoms with Crippen LogP contribution in [0.2, 0.25) is 0 Å². The molecule has 1 fully saturated rings. The van der Waals surface area contributed by atoms with Gasteiger partial charge >= 0.3 is 0 Å². The summed E-state index contributed by atoms with van der Waals surface area (Å²) in [6, 6.07) is 0. The van der Waals surface area contributed by atoms with Crippen molar-refractivity contribution in [1.82, 2.24) is 0 Å². The Morgan fingerprint density at radius 2 is 2.25 bits per heavy atom. The molecule has 0 amide bonds. The maximum Gasteiger partial charge on any atom is 0.165 e. The summed E-state index contributed by atoms with van der Waals surface area (Å²) in [6.45, 7) is 0.915. The fourth-order valence-corrected chi connectivity index (χ4v) is 1.36. The highest BCUT2D eigenvalue weighted by atomic mass is 16.7. The maximum absolute atomic E-state index is 9.30. The molecule has 0 aromatic rings. The molecule has 0 unspecified atom stereocenters. The minimum Gasteiger partial charge on any atom is -0.394 e. The van der Waals surface area contributed by atoms with Gasteiger partial charge in [0.1, 0.15) is 12.2 Å². The van der Waals surface area contributed by atoms with E-state index in [1.165, 1.54) is 6.92 Å². The molecular formula is C7H14O5. The Kier molecular flexibility index (Phi) is 2.70. The van der Waals surface area contributed by atoms with Gasteiger partial charge in [-0.15, -0.1) is 0 Å². The number of aliphatic hydroxyl groups excluding tert-OH is 3. The van der Waals surface area contributed by atoms with Crippen LogP contribution in [0, 0.1) is 0 Å². The van der Waals surface area contributed by atoms with E-state index in [2.05, 4.69) is 0 Å². The van der Waals surface area contributed by atoms with Crippen LogP contribution in [0.4, 0.5) is 0 Å². The van der Waals surface area contributed by atoms with Gasteiger partial charge in [-0.1, -0.05) is 0 Å². The van der Waals surface area contributed by atoms with Gasteiger partial charge in [0.2, 0.25) is 0 Å². The van der Waals surface area contributed by atoms with Crippen molar-refractivity contribution in [2.75, 3.05) is 6.61 Å². The van der Waals surface area contributed by atoms with E-state index in [0.29, 0.717) is 0 Å². The third-order valence-electron chi connectivity index (χ3n) is 1.92. The van der Waals surface area contributed by atoms with Crippen LogP contribution in [-0.2, 0) is 4.74 Å². The second-order valence-corrected chi connectivity index (χ2v) is 3.28. The number of rotatable bonds is 2. The predicted octanol–water partition coefficient (Wildman–Crippen LogP) is -1.80. The zero-order chi connectivity index (χ0) is 9.35. The fraction of sp³-hybridized carbons (Fsp3) is 1.00. The van der Waals surface area contributed by atoms with Crippen molar-refractivity contribution in [3.8, 4) is 0 Å². The quantitative estimate of drug-likeness (QED) is 0.400. The van der Waals surface area contributed by atoms with Gasteiger partial charge in [0.25, 0.3) is 0 Å². The Morgan fingerprint density at radius 1 is 1.67 bits per heavy atom. The first-order chi connectivity index (χ1) is 5.46. The van der Waals surface area contributed by atoms with Crippen LogP contribution in [0.15, 0.2) is 0 Å². The first-order valence-corrected chi connectivity index (χ1v) is 3.83. The SMILES string of the molecule is C[C@@]1(O)C[C@@H](O)[C@H]([C@@H](O)CO)O1. The van der Waals surface area contributed by atoms with Crippen molar-refractivity contribution in [2.24, 2.45) is 0 Å². The van der Waals surface area contributed by atoms with Crippen LogP contribution >= 0.6 is 0 Å². The predicted molar refractivity (Wildman–Crippen MR) is 39.2 cm³/mol.